The zero-order valence-electron chi connectivity index (χ0n) is 8.79. The van der Waals surface area contributed by atoms with Crippen molar-refractivity contribution in [3.05, 3.63) is 36.4 Å². The van der Waals surface area contributed by atoms with Crippen LogP contribution in [0.5, 0.6) is 0 Å². The van der Waals surface area contributed by atoms with Crippen LogP contribution in [0.3, 0.4) is 0 Å². The lowest BCUT2D eigenvalue weighted by molar-refractivity contribution is 0.581. The molecule has 0 aliphatic carbocycles. The van der Waals surface area contributed by atoms with Crippen molar-refractivity contribution in [1.29, 1.82) is 0 Å². The molecule has 17 heavy (non-hydrogen) atoms. The number of nitrogen functional groups attached to an aromatic ring is 1. The topological polar surface area (TPSA) is 114 Å². The van der Waals surface area contributed by atoms with Gasteiger partial charge in [-0.25, -0.2) is 13.1 Å². The lowest BCUT2D eigenvalue weighted by atomic mass is 10.4. The average Bonchev–Trinajstić information content (AvgIpc) is 2.80. The summed E-state index contributed by atoms with van der Waals surface area (Å²) in [5, 5.41) is 6.31. The van der Waals surface area contributed by atoms with Crippen molar-refractivity contribution in [2.45, 2.75) is 11.4 Å². The molecule has 0 aliphatic rings. The van der Waals surface area contributed by atoms with Gasteiger partial charge in [-0.15, -0.1) is 0 Å². The first-order valence-electron chi connectivity index (χ1n) is 4.76. The maximum atomic E-state index is 11.9. The van der Waals surface area contributed by atoms with E-state index in [2.05, 4.69) is 19.9 Å². The molecule has 90 valence electrons. The Morgan fingerprint density at radius 3 is 2.88 bits per heavy atom. The molecule has 0 unspecified atom stereocenters. The third kappa shape index (κ3) is 2.60. The Kier molecular flexibility index (Phi) is 3.07. The molecular weight excluding hydrogens is 242 g/mol. The first-order chi connectivity index (χ1) is 8.09. The maximum Gasteiger partial charge on any atom is 0.244 e. The molecule has 2 aromatic heterocycles. The van der Waals surface area contributed by atoms with Gasteiger partial charge in [-0.2, -0.15) is 5.10 Å². The summed E-state index contributed by atoms with van der Waals surface area (Å²) in [5.41, 5.74) is 6.48. The molecular formula is C9H11N5O2S. The van der Waals surface area contributed by atoms with Gasteiger partial charge in [0.25, 0.3) is 0 Å². The van der Waals surface area contributed by atoms with Crippen molar-refractivity contribution in [3.8, 4) is 0 Å². The van der Waals surface area contributed by atoms with Gasteiger partial charge in [0, 0.05) is 30.7 Å². The minimum absolute atomic E-state index is 0.0245. The number of nitrogens with zero attached hydrogens (tertiary/aromatic N) is 2. The highest BCUT2D eigenvalue weighted by atomic mass is 32.2. The molecule has 2 heterocycles. The van der Waals surface area contributed by atoms with Crippen LogP contribution < -0.4 is 10.5 Å². The van der Waals surface area contributed by atoms with Crippen LogP contribution in [0, 0.1) is 0 Å². The Morgan fingerprint density at radius 2 is 2.24 bits per heavy atom. The van der Waals surface area contributed by atoms with E-state index in [1.54, 1.807) is 6.20 Å². The van der Waals surface area contributed by atoms with Gasteiger partial charge in [0.1, 0.15) is 4.90 Å². The number of hydrogen-bond acceptors (Lipinski definition) is 5. The molecule has 0 radical (unpaired) electrons. The number of anilines is 1. The van der Waals surface area contributed by atoms with Crippen LogP contribution in [-0.4, -0.2) is 23.6 Å². The Bertz CT molecular complexity index is 594. The van der Waals surface area contributed by atoms with Crippen molar-refractivity contribution in [1.82, 2.24) is 19.9 Å². The van der Waals surface area contributed by atoms with Crippen molar-refractivity contribution in [3.63, 3.8) is 0 Å². The highest BCUT2D eigenvalue weighted by Gasteiger charge is 2.17. The van der Waals surface area contributed by atoms with E-state index in [0.717, 1.165) is 5.56 Å². The molecule has 0 aromatic carbocycles. The van der Waals surface area contributed by atoms with Crippen LogP contribution in [-0.2, 0) is 16.6 Å². The molecule has 7 nitrogen and oxygen atoms in total. The number of hydrogen-bond donors (Lipinski definition) is 3. The zero-order valence-corrected chi connectivity index (χ0v) is 9.61. The van der Waals surface area contributed by atoms with E-state index in [1.165, 1.54) is 24.7 Å². The number of aromatic nitrogens is 3. The molecule has 0 saturated carbocycles. The van der Waals surface area contributed by atoms with Gasteiger partial charge in [-0.05, 0) is 6.07 Å². The fourth-order valence-electron chi connectivity index (χ4n) is 1.25. The standard InChI is InChI=1S/C9H11N5O2S/c10-8-1-2-11-6-9(8)17(15,16)14-5-7-3-12-13-4-7/h1-4,6,14H,5H2,(H2,10,11)(H,12,13). The number of sulfonamides is 1. The van der Waals surface area contributed by atoms with E-state index < -0.39 is 10.0 Å². The normalized spacial score (nSPS) is 11.5. The maximum absolute atomic E-state index is 11.9. The highest BCUT2D eigenvalue weighted by Crippen LogP contribution is 2.15. The number of H-pyrrole nitrogens is 1. The fourth-order valence-corrected chi connectivity index (χ4v) is 2.34. The van der Waals surface area contributed by atoms with Crippen molar-refractivity contribution in [2.75, 3.05) is 5.73 Å². The molecule has 0 amide bonds. The number of pyridine rings is 1. The predicted molar refractivity (Wildman–Crippen MR) is 61.3 cm³/mol. The van der Waals surface area contributed by atoms with Crippen LogP contribution in [0.2, 0.25) is 0 Å². The van der Waals surface area contributed by atoms with E-state index in [4.69, 9.17) is 5.73 Å². The Balaban J connectivity index is 2.17. The van der Waals surface area contributed by atoms with Crippen molar-refractivity contribution < 1.29 is 8.42 Å². The molecule has 0 atom stereocenters. The largest absolute Gasteiger partial charge is 0.398 e. The van der Waals surface area contributed by atoms with E-state index in [-0.39, 0.29) is 17.1 Å². The fraction of sp³-hybridized carbons (Fsp3) is 0.111. The quantitative estimate of drug-likeness (QED) is 0.702. The van der Waals surface area contributed by atoms with Crippen LogP contribution >= 0.6 is 0 Å². The summed E-state index contributed by atoms with van der Waals surface area (Å²) in [5.74, 6) is 0. The summed E-state index contributed by atoms with van der Waals surface area (Å²) in [7, 11) is -3.65. The van der Waals surface area contributed by atoms with Crippen molar-refractivity contribution >= 4 is 15.7 Å². The third-order valence-electron chi connectivity index (χ3n) is 2.13. The van der Waals surface area contributed by atoms with E-state index in [0.29, 0.717) is 0 Å². The second kappa shape index (κ2) is 4.52. The van der Waals surface area contributed by atoms with Gasteiger partial charge >= 0.3 is 0 Å². The van der Waals surface area contributed by atoms with Gasteiger partial charge in [-0.3, -0.25) is 10.1 Å². The smallest absolute Gasteiger partial charge is 0.244 e. The summed E-state index contributed by atoms with van der Waals surface area (Å²) in [6, 6.07) is 1.44. The molecule has 2 aromatic rings. The number of aromatic amines is 1. The Morgan fingerprint density at radius 1 is 1.41 bits per heavy atom. The summed E-state index contributed by atoms with van der Waals surface area (Å²) in [6.45, 7) is 0.146. The second-order valence-electron chi connectivity index (χ2n) is 3.34. The van der Waals surface area contributed by atoms with Gasteiger partial charge in [0.15, 0.2) is 0 Å². The van der Waals surface area contributed by atoms with Gasteiger partial charge in [0.2, 0.25) is 10.0 Å². The average molecular weight is 253 g/mol. The van der Waals surface area contributed by atoms with Crippen LogP contribution in [0.25, 0.3) is 0 Å². The monoisotopic (exact) mass is 253 g/mol. The van der Waals surface area contributed by atoms with E-state index in [1.807, 2.05) is 0 Å². The highest BCUT2D eigenvalue weighted by molar-refractivity contribution is 7.89. The first-order valence-corrected chi connectivity index (χ1v) is 6.25. The summed E-state index contributed by atoms with van der Waals surface area (Å²) in [4.78, 5) is 3.71. The summed E-state index contributed by atoms with van der Waals surface area (Å²) >= 11 is 0. The molecule has 2 rings (SSSR count). The lowest BCUT2D eigenvalue weighted by Crippen LogP contribution is -2.24. The molecule has 8 heteroatoms. The van der Waals surface area contributed by atoms with Crippen molar-refractivity contribution in [2.24, 2.45) is 0 Å². The lowest BCUT2D eigenvalue weighted by Gasteiger charge is -2.07. The van der Waals surface area contributed by atoms with Crippen LogP contribution in [0.1, 0.15) is 5.56 Å². The molecule has 4 N–H and O–H groups in total. The first kappa shape index (κ1) is 11.6. The van der Waals surface area contributed by atoms with Crippen LogP contribution in [0.15, 0.2) is 35.7 Å². The summed E-state index contributed by atoms with van der Waals surface area (Å²) in [6.07, 6.45) is 5.79. The molecule has 0 saturated heterocycles. The molecule has 0 fully saturated rings. The van der Waals surface area contributed by atoms with E-state index in [9.17, 15) is 8.42 Å². The Labute approximate surface area is 98.1 Å². The minimum atomic E-state index is -3.65. The number of nitrogens with one attached hydrogen (secondary N) is 2. The predicted octanol–water partition coefficient (Wildman–Crippen LogP) is -0.135. The Hall–Kier alpha value is -1.93. The third-order valence-corrected chi connectivity index (χ3v) is 3.57. The van der Waals surface area contributed by atoms with Crippen LogP contribution in [0.4, 0.5) is 5.69 Å². The SMILES string of the molecule is Nc1ccncc1S(=O)(=O)NCc1cn[nH]c1. The molecule has 0 bridgehead atoms. The van der Waals surface area contributed by atoms with Gasteiger partial charge in [-0.1, -0.05) is 0 Å². The van der Waals surface area contributed by atoms with Gasteiger partial charge < -0.3 is 5.73 Å². The van der Waals surface area contributed by atoms with E-state index >= 15 is 0 Å². The summed E-state index contributed by atoms with van der Waals surface area (Å²) < 4.78 is 26.2. The zero-order chi connectivity index (χ0) is 12.3. The minimum Gasteiger partial charge on any atom is -0.398 e. The number of rotatable bonds is 4. The molecule has 0 spiro atoms. The molecule has 0 aliphatic heterocycles. The number of nitrogens with two attached hydrogens (primary N) is 1. The van der Waals surface area contributed by atoms with Gasteiger partial charge in [0.05, 0.1) is 11.9 Å². The second-order valence-corrected chi connectivity index (χ2v) is 5.08.